The third-order valence-electron chi connectivity index (χ3n) is 2.36. The van der Waals surface area contributed by atoms with Crippen molar-refractivity contribution in [1.29, 1.82) is 0 Å². The Labute approximate surface area is 104 Å². The highest BCUT2D eigenvalue weighted by Crippen LogP contribution is 1.98. The van der Waals surface area contributed by atoms with Gasteiger partial charge in [0, 0.05) is 19.5 Å². The number of nitrogens with one attached hydrogen (secondary N) is 2. The van der Waals surface area contributed by atoms with Gasteiger partial charge >= 0.3 is 12.0 Å². The van der Waals surface area contributed by atoms with Crippen LogP contribution in [0.15, 0.2) is 0 Å². The second-order valence-corrected chi connectivity index (χ2v) is 3.85. The Morgan fingerprint density at radius 2 is 2.11 bits per heavy atom. The highest BCUT2D eigenvalue weighted by Gasteiger charge is 2.16. The number of aliphatic carboxylic acids is 1. The lowest BCUT2D eigenvalue weighted by molar-refractivity contribution is -0.146. The van der Waals surface area contributed by atoms with Crippen LogP contribution in [0, 0.1) is 0 Å². The molecule has 0 radical (unpaired) electrons. The first-order chi connectivity index (χ1) is 8.59. The van der Waals surface area contributed by atoms with Crippen molar-refractivity contribution in [2.45, 2.75) is 18.6 Å². The Bertz CT molecular complexity index is 280. The predicted octanol–water partition coefficient (Wildman–Crippen LogP) is -1.46. The summed E-state index contributed by atoms with van der Waals surface area (Å²) in [7, 11) is 0. The first-order valence-corrected chi connectivity index (χ1v) is 5.71. The number of ether oxygens (including phenoxy) is 2. The lowest BCUT2D eigenvalue weighted by Crippen LogP contribution is -2.44. The van der Waals surface area contributed by atoms with Gasteiger partial charge in [-0.3, -0.25) is 0 Å². The molecule has 1 unspecified atom stereocenters. The average Bonchev–Trinajstić information content (AvgIpc) is 2.37. The maximum atomic E-state index is 11.3. The molecule has 0 bridgehead atoms. The molecule has 0 aromatic carbocycles. The van der Waals surface area contributed by atoms with E-state index in [0.29, 0.717) is 26.4 Å². The minimum absolute atomic E-state index is 0.0359. The van der Waals surface area contributed by atoms with Crippen molar-refractivity contribution < 1.29 is 29.3 Å². The Morgan fingerprint density at radius 1 is 1.33 bits per heavy atom. The largest absolute Gasteiger partial charge is 0.479 e. The normalized spacial score (nSPS) is 21.1. The number of hydrogen-bond acceptors (Lipinski definition) is 5. The number of urea groups is 1. The molecular formula is C10H18N2O6. The molecule has 1 heterocycles. The van der Waals surface area contributed by atoms with Gasteiger partial charge in [0.1, 0.15) is 0 Å². The number of carboxylic acids is 1. The molecule has 1 rings (SSSR count). The highest BCUT2D eigenvalue weighted by atomic mass is 16.6. The van der Waals surface area contributed by atoms with Crippen LogP contribution in [0.1, 0.15) is 6.42 Å². The Morgan fingerprint density at radius 3 is 2.72 bits per heavy atom. The second kappa shape index (κ2) is 7.85. The van der Waals surface area contributed by atoms with Gasteiger partial charge in [-0.05, 0) is 0 Å². The van der Waals surface area contributed by atoms with Gasteiger partial charge in [-0.15, -0.1) is 0 Å². The van der Waals surface area contributed by atoms with Crippen molar-refractivity contribution in [1.82, 2.24) is 10.6 Å². The molecule has 1 aliphatic rings. The smallest absolute Gasteiger partial charge is 0.332 e. The monoisotopic (exact) mass is 262 g/mol. The lowest BCUT2D eigenvalue weighted by atomic mass is 10.2. The molecule has 1 saturated heterocycles. The van der Waals surface area contributed by atoms with Crippen molar-refractivity contribution in [2.24, 2.45) is 0 Å². The van der Waals surface area contributed by atoms with Gasteiger partial charge < -0.3 is 30.3 Å². The van der Waals surface area contributed by atoms with Crippen LogP contribution in [-0.2, 0) is 14.3 Å². The second-order valence-electron chi connectivity index (χ2n) is 3.85. The summed E-state index contributed by atoms with van der Waals surface area (Å²) in [4.78, 5) is 21.6. The van der Waals surface area contributed by atoms with Gasteiger partial charge in [0.15, 0.2) is 6.10 Å². The van der Waals surface area contributed by atoms with Crippen LogP contribution in [0.5, 0.6) is 0 Å². The number of aliphatic hydroxyl groups is 1. The first kappa shape index (κ1) is 14.7. The summed E-state index contributed by atoms with van der Waals surface area (Å²) in [5.41, 5.74) is 0. The highest BCUT2D eigenvalue weighted by molar-refractivity contribution is 5.74. The first-order valence-electron chi connectivity index (χ1n) is 5.71. The lowest BCUT2D eigenvalue weighted by Gasteiger charge is -2.23. The number of carbonyl (C=O) groups is 2. The van der Waals surface area contributed by atoms with Crippen LogP contribution >= 0.6 is 0 Å². The van der Waals surface area contributed by atoms with Gasteiger partial charge in [-0.25, -0.2) is 9.59 Å². The minimum atomic E-state index is -1.46. The summed E-state index contributed by atoms with van der Waals surface area (Å²) in [5, 5.41) is 22.4. The van der Waals surface area contributed by atoms with E-state index >= 15 is 0 Å². The maximum absolute atomic E-state index is 11.3. The van der Waals surface area contributed by atoms with E-state index in [4.69, 9.17) is 19.7 Å². The van der Waals surface area contributed by atoms with Crippen LogP contribution in [-0.4, -0.2) is 67.3 Å². The van der Waals surface area contributed by atoms with Crippen molar-refractivity contribution in [2.75, 3.05) is 32.9 Å². The third-order valence-corrected chi connectivity index (χ3v) is 2.36. The number of carbonyl (C=O) groups excluding carboxylic acids is 1. The van der Waals surface area contributed by atoms with Crippen LogP contribution in [0.2, 0.25) is 0 Å². The quantitative estimate of drug-likeness (QED) is 0.464. The van der Waals surface area contributed by atoms with Gasteiger partial charge in [0.05, 0.1) is 25.9 Å². The van der Waals surface area contributed by atoms with E-state index < -0.39 is 18.1 Å². The van der Waals surface area contributed by atoms with E-state index in [1.807, 2.05) is 0 Å². The summed E-state index contributed by atoms with van der Waals surface area (Å²) in [6, 6.07) is -0.429. The number of hydrogen-bond donors (Lipinski definition) is 4. The predicted molar refractivity (Wildman–Crippen MR) is 60.2 cm³/mol. The third kappa shape index (κ3) is 5.80. The molecule has 0 aromatic rings. The minimum Gasteiger partial charge on any atom is -0.479 e. The van der Waals surface area contributed by atoms with E-state index in [9.17, 15) is 9.59 Å². The van der Waals surface area contributed by atoms with Crippen LogP contribution < -0.4 is 10.6 Å². The molecule has 2 atom stereocenters. The molecule has 0 spiro atoms. The molecule has 1 aliphatic heterocycles. The average molecular weight is 262 g/mol. The standard InChI is InChI=1S/C10H18N2O6/c13-8(9(14)15)1-2-11-10(16)12-5-7-6-17-3-4-18-7/h7-8,13H,1-6H2,(H,14,15)(H2,11,12,16)/t7?,8-/m0/s1. The summed E-state index contributed by atoms with van der Waals surface area (Å²) in [6.07, 6.45) is -1.65. The molecule has 1 fully saturated rings. The van der Waals surface area contributed by atoms with Crippen molar-refractivity contribution in [3.05, 3.63) is 0 Å². The van der Waals surface area contributed by atoms with E-state index in [0.717, 1.165) is 0 Å². The number of carboxylic acid groups (broad SMARTS) is 1. The molecule has 2 amide bonds. The summed E-state index contributed by atoms with van der Waals surface area (Å²) < 4.78 is 10.5. The molecule has 0 saturated carbocycles. The van der Waals surface area contributed by atoms with Gasteiger partial charge in [0.2, 0.25) is 0 Å². The van der Waals surface area contributed by atoms with E-state index in [1.54, 1.807) is 0 Å². The molecule has 104 valence electrons. The molecule has 0 aliphatic carbocycles. The van der Waals surface area contributed by atoms with Gasteiger partial charge in [-0.2, -0.15) is 0 Å². The van der Waals surface area contributed by atoms with Gasteiger partial charge in [0.25, 0.3) is 0 Å². The fourth-order valence-corrected chi connectivity index (χ4v) is 1.37. The maximum Gasteiger partial charge on any atom is 0.332 e. The van der Waals surface area contributed by atoms with E-state index in [-0.39, 0.29) is 19.1 Å². The van der Waals surface area contributed by atoms with E-state index in [2.05, 4.69) is 10.6 Å². The zero-order valence-electron chi connectivity index (χ0n) is 9.92. The fourth-order valence-electron chi connectivity index (χ4n) is 1.37. The zero-order chi connectivity index (χ0) is 13.4. The van der Waals surface area contributed by atoms with E-state index in [1.165, 1.54) is 0 Å². The number of amides is 2. The SMILES string of the molecule is O=C(NCC[C@H](O)C(=O)O)NCC1COCCO1. The number of rotatable bonds is 6. The van der Waals surface area contributed by atoms with Crippen molar-refractivity contribution in [3.8, 4) is 0 Å². The Hall–Kier alpha value is -1.38. The molecule has 8 nitrogen and oxygen atoms in total. The van der Waals surface area contributed by atoms with Crippen LogP contribution in [0.4, 0.5) is 4.79 Å². The summed E-state index contributed by atoms with van der Waals surface area (Å²) >= 11 is 0. The summed E-state index contributed by atoms with van der Waals surface area (Å²) in [5.74, 6) is -1.30. The molecule has 4 N–H and O–H groups in total. The molecular weight excluding hydrogens is 244 g/mol. The van der Waals surface area contributed by atoms with Crippen molar-refractivity contribution in [3.63, 3.8) is 0 Å². The molecule has 18 heavy (non-hydrogen) atoms. The Kier molecular flexibility index (Phi) is 6.40. The summed E-state index contributed by atoms with van der Waals surface area (Å²) in [6.45, 7) is 1.93. The molecule has 0 aromatic heterocycles. The topological polar surface area (TPSA) is 117 Å². The molecule has 8 heteroatoms. The van der Waals surface area contributed by atoms with Gasteiger partial charge in [-0.1, -0.05) is 0 Å². The number of aliphatic hydroxyl groups excluding tert-OH is 1. The fraction of sp³-hybridized carbons (Fsp3) is 0.800. The Balaban J connectivity index is 2.04. The van der Waals surface area contributed by atoms with Crippen LogP contribution in [0.3, 0.4) is 0 Å². The van der Waals surface area contributed by atoms with Crippen LogP contribution in [0.25, 0.3) is 0 Å². The zero-order valence-corrected chi connectivity index (χ0v) is 9.92. The van der Waals surface area contributed by atoms with Crippen molar-refractivity contribution >= 4 is 12.0 Å².